The van der Waals surface area contributed by atoms with E-state index in [0.717, 1.165) is 12.1 Å². The Morgan fingerprint density at radius 1 is 1.07 bits per heavy atom. The van der Waals surface area contributed by atoms with Crippen molar-refractivity contribution in [2.45, 2.75) is 19.9 Å². The second-order valence-corrected chi connectivity index (χ2v) is 6.77. The Balaban J connectivity index is 1.94. The van der Waals surface area contributed by atoms with Crippen molar-refractivity contribution in [3.05, 3.63) is 52.0 Å². The van der Waals surface area contributed by atoms with Gasteiger partial charge in [-0.3, -0.25) is 9.69 Å². The summed E-state index contributed by atoms with van der Waals surface area (Å²) in [6.07, 6.45) is 0.336. The highest BCUT2D eigenvalue weighted by molar-refractivity contribution is 6.39. The van der Waals surface area contributed by atoms with Crippen molar-refractivity contribution in [1.29, 1.82) is 0 Å². The molecule has 0 unspecified atom stereocenters. The Morgan fingerprint density at radius 2 is 1.74 bits per heavy atom. The standard InChI is InChI=1S/C20H24Cl2N2O3/c1-4-24(13-14-8-9-17(26-2)18(12-14)27-3)11-10-19(25)23-20-15(21)6-5-7-16(20)22/h5-9,12H,4,10-11,13H2,1-3H3,(H,23,25). The lowest BCUT2D eigenvalue weighted by molar-refractivity contribution is -0.116. The summed E-state index contributed by atoms with van der Waals surface area (Å²) < 4.78 is 10.6. The van der Waals surface area contributed by atoms with Crippen LogP contribution in [0, 0.1) is 0 Å². The van der Waals surface area contributed by atoms with Crippen molar-refractivity contribution in [1.82, 2.24) is 4.90 Å². The Kier molecular flexibility index (Phi) is 8.23. The minimum absolute atomic E-state index is 0.129. The molecular weight excluding hydrogens is 387 g/mol. The number of halogens is 2. The van der Waals surface area contributed by atoms with Crippen molar-refractivity contribution in [2.24, 2.45) is 0 Å². The first-order valence-electron chi connectivity index (χ1n) is 8.65. The summed E-state index contributed by atoms with van der Waals surface area (Å²) >= 11 is 12.2. The molecule has 0 saturated heterocycles. The fourth-order valence-corrected chi connectivity index (χ4v) is 3.16. The molecule has 2 rings (SSSR count). The molecule has 27 heavy (non-hydrogen) atoms. The Bertz CT molecular complexity index is 764. The molecule has 0 aliphatic carbocycles. The molecule has 0 radical (unpaired) electrons. The van der Waals surface area contributed by atoms with E-state index < -0.39 is 0 Å². The van der Waals surface area contributed by atoms with Crippen LogP contribution in [0.25, 0.3) is 0 Å². The zero-order valence-electron chi connectivity index (χ0n) is 15.7. The van der Waals surface area contributed by atoms with Gasteiger partial charge < -0.3 is 14.8 Å². The summed E-state index contributed by atoms with van der Waals surface area (Å²) in [4.78, 5) is 14.5. The van der Waals surface area contributed by atoms with Crippen molar-refractivity contribution in [2.75, 3.05) is 32.6 Å². The maximum absolute atomic E-state index is 12.3. The Hall–Kier alpha value is -1.95. The number of rotatable bonds is 9. The first kappa shape index (κ1) is 21.4. The van der Waals surface area contributed by atoms with Crippen LogP contribution in [0.2, 0.25) is 10.0 Å². The van der Waals surface area contributed by atoms with Crippen molar-refractivity contribution in [3.63, 3.8) is 0 Å². The van der Waals surface area contributed by atoms with Gasteiger partial charge in [0, 0.05) is 19.5 Å². The van der Waals surface area contributed by atoms with Gasteiger partial charge in [0.25, 0.3) is 0 Å². The SMILES string of the molecule is CCN(CCC(=O)Nc1c(Cl)cccc1Cl)Cc1ccc(OC)c(OC)c1. The van der Waals surface area contributed by atoms with Crippen LogP contribution in [0.3, 0.4) is 0 Å². The predicted molar refractivity (Wildman–Crippen MR) is 110 cm³/mol. The Labute approximate surface area is 170 Å². The number of anilines is 1. The van der Waals surface area contributed by atoms with Crippen LogP contribution >= 0.6 is 23.2 Å². The average Bonchev–Trinajstić information content (AvgIpc) is 2.67. The van der Waals surface area contributed by atoms with Crippen LogP contribution in [0.15, 0.2) is 36.4 Å². The molecule has 1 amide bonds. The number of para-hydroxylation sites is 1. The van der Waals surface area contributed by atoms with Gasteiger partial charge in [-0.15, -0.1) is 0 Å². The van der Waals surface area contributed by atoms with E-state index in [4.69, 9.17) is 32.7 Å². The van der Waals surface area contributed by atoms with Crippen molar-refractivity contribution >= 4 is 34.8 Å². The predicted octanol–water partition coefficient (Wildman–Crippen LogP) is 4.86. The summed E-state index contributed by atoms with van der Waals surface area (Å²) in [7, 11) is 3.23. The third-order valence-corrected chi connectivity index (χ3v) is 4.81. The molecule has 7 heteroatoms. The fraction of sp³-hybridized carbons (Fsp3) is 0.350. The molecule has 5 nitrogen and oxygen atoms in total. The number of nitrogens with one attached hydrogen (secondary N) is 1. The van der Waals surface area contributed by atoms with E-state index in [2.05, 4.69) is 17.1 Å². The quantitative estimate of drug-likeness (QED) is 0.640. The largest absolute Gasteiger partial charge is 0.493 e. The third-order valence-electron chi connectivity index (χ3n) is 4.18. The van der Waals surface area contributed by atoms with E-state index in [0.29, 0.717) is 46.7 Å². The first-order chi connectivity index (χ1) is 13.0. The highest BCUT2D eigenvalue weighted by Gasteiger charge is 2.12. The molecule has 2 aromatic rings. The zero-order chi connectivity index (χ0) is 19.8. The molecule has 0 atom stereocenters. The molecule has 0 aromatic heterocycles. The number of carbonyl (C=O) groups excluding carboxylic acids is 1. The van der Waals surface area contributed by atoms with E-state index in [9.17, 15) is 4.79 Å². The number of ether oxygens (including phenoxy) is 2. The average molecular weight is 411 g/mol. The summed E-state index contributed by atoms with van der Waals surface area (Å²) in [5, 5.41) is 3.64. The van der Waals surface area contributed by atoms with Gasteiger partial charge in [-0.2, -0.15) is 0 Å². The fourth-order valence-electron chi connectivity index (χ4n) is 2.66. The van der Waals surface area contributed by atoms with Crippen LogP contribution < -0.4 is 14.8 Å². The number of benzene rings is 2. The smallest absolute Gasteiger partial charge is 0.225 e. The first-order valence-corrected chi connectivity index (χ1v) is 9.41. The van der Waals surface area contributed by atoms with Gasteiger partial charge in [-0.1, -0.05) is 42.3 Å². The van der Waals surface area contributed by atoms with Crippen molar-refractivity contribution < 1.29 is 14.3 Å². The van der Waals surface area contributed by atoms with E-state index in [-0.39, 0.29) is 5.91 Å². The minimum Gasteiger partial charge on any atom is -0.493 e. The van der Waals surface area contributed by atoms with Gasteiger partial charge >= 0.3 is 0 Å². The minimum atomic E-state index is -0.129. The Morgan fingerprint density at radius 3 is 2.33 bits per heavy atom. The molecule has 0 spiro atoms. The lowest BCUT2D eigenvalue weighted by Crippen LogP contribution is -2.27. The second-order valence-electron chi connectivity index (χ2n) is 5.95. The number of carbonyl (C=O) groups is 1. The third kappa shape index (κ3) is 6.03. The maximum Gasteiger partial charge on any atom is 0.225 e. The van der Waals surface area contributed by atoms with Crippen LogP contribution in [0.5, 0.6) is 11.5 Å². The number of nitrogens with zero attached hydrogens (tertiary/aromatic N) is 1. The topological polar surface area (TPSA) is 50.8 Å². The molecule has 0 aliphatic heterocycles. The van der Waals surface area contributed by atoms with Gasteiger partial charge in [0.1, 0.15) is 0 Å². The molecule has 1 N–H and O–H groups in total. The van der Waals surface area contributed by atoms with Crippen molar-refractivity contribution in [3.8, 4) is 11.5 Å². The number of hydrogen-bond donors (Lipinski definition) is 1. The lowest BCUT2D eigenvalue weighted by atomic mass is 10.2. The van der Waals surface area contributed by atoms with Crippen LogP contribution in [0.1, 0.15) is 18.9 Å². The van der Waals surface area contributed by atoms with Gasteiger partial charge in [-0.25, -0.2) is 0 Å². The van der Waals surface area contributed by atoms with E-state index in [1.165, 1.54) is 0 Å². The summed E-state index contributed by atoms with van der Waals surface area (Å²) in [5.41, 5.74) is 1.54. The molecule has 146 valence electrons. The van der Waals surface area contributed by atoms with E-state index in [1.807, 2.05) is 18.2 Å². The highest BCUT2D eigenvalue weighted by atomic mass is 35.5. The van der Waals surface area contributed by atoms with Crippen LogP contribution in [0.4, 0.5) is 5.69 Å². The van der Waals surface area contributed by atoms with E-state index in [1.54, 1.807) is 32.4 Å². The van der Waals surface area contributed by atoms with E-state index >= 15 is 0 Å². The van der Waals surface area contributed by atoms with Gasteiger partial charge in [0.2, 0.25) is 5.91 Å². The van der Waals surface area contributed by atoms with Crippen LogP contribution in [-0.4, -0.2) is 38.1 Å². The number of amides is 1. The maximum atomic E-state index is 12.3. The molecule has 2 aromatic carbocycles. The second kappa shape index (κ2) is 10.4. The van der Waals surface area contributed by atoms with Crippen LogP contribution in [-0.2, 0) is 11.3 Å². The summed E-state index contributed by atoms with van der Waals surface area (Å²) in [6.45, 7) is 4.19. The number of methoxy groups -OCH3 is 2. The highest BCUT2D eigenvalue weighted by Crippen LogP contribution is 2.30. The molecule has 0 bridgehead atoms. The normalized spacial score (nSPS) is 10.7. The summed E-state index contributed by atoms with van der Waals surface area (Å²) in [6, 6.07) is 11.0. The lowest BCUT2D eigenvalue weighted by Gasteiger charge is -2.21. The zero-order valence-corrected chi connectivity index (χ0v) is 17.2. The van der Waals surface area contributed by atoms with Gasteiger partial charge in [0.05, 0.1) is 30.0 Å². The van der Waals surface area contributed by atoms with Gasteiger partial charge in [0.15, 0.2) is 11.5 Å². The molecule has 0 aliphatic rings. The molecule has 0 fully saturated rings. The number of hydrogen-bond acceptors (Lipinski definition) is 4. The summed E-state index contributed by atoms with van der Waals surface area (Å²) in [5.74, 6) is 1.26. The monoisotopic (exact) mass is 410 g/mol. The molecule has 0 saturated carbocycles. The molecule has 0 heterocycles. The van der Waals surface area contributed by atoms with Gasteiger partial charge in [-0.05, 0) is 36.4 Å². The molecular formula is C20H24Cl2N2O3.